The summed E-state index contributed by atoms with van der Waals surface area (Å²) in [5.74, 6) is 0. The summed E-state index contributed by atoms with van der Waals surface area (Å²) in [4.78, 5) is 10.9. The molecule has 0 saturated heterocycles. The van der Waals surface area contributed by atoms with Crippen LogP contribution in [0.3, 0.4) is 0 Å². The molecule has 0 aliphatic rings. The van der Waals surface area contributed by atoms with Gasteiger partial charge in [-0.3, -0.25) is 4.79 Å². The van der Waals surface area contributed by atoms with Crippen molar-refractivity contribution in [2.75, 3.05) is 0 Å². The molecule has 0 aliphatic carbocycles. The second-order valence-electron chi connectivity index (χ2n) is 3.13. The van der Waals surface area contributed by atoms with Crippen LogP contribution in [0.25, 0.3) is 10.1 Å². The lowest BCUT2D eigenvalue weighted by Crippen LogP contribution is -1.85. The second kappa shape index (κ2) is 3.71. The number of aryl methyl sites for hydroxylation is 1. The Kier molecular flexibility index (Phi) is 2.57. The predicted molar refractivity (Wildman–Crippen MR) is 61.6 cm³/mol. The van der Waals surface area contributed by atoms with E-state index in [1.54, 1.807) is 0 Å². The highest BCUT2D eigenvalue weighted by molar-refractivity contribution is 7.23. The summed E-state index contributed by atoms with van der Waals surface area (Å²) >= 11 is 7.37. The average molecular weight is 225 g/mol. The summed E-state index contributed by atoms with van der Waals surface area (Å²) in [6.45, 7) is 2.07. The zero-order chi connectivity index (χ0) is 10.1. The van der Waals surface area contributed by atoms with Gasteiger partial charge in [-0.15, -0.1) is 11.3 Å². The number of rotatable bonds is 2. The maximum atomic E-state index is 10.9. The maximum absolute atomic E-state index is 10.9. The number of fused-ring (bicyclic) bond motifs is 1. The minimum Gasteiger partial charge on any atom is -0.298 e. The third kappa shape index (κ3) is 1.56. The Morgan fingerprint density at radius 1 is 1.43 bits per heavy atom. The number of halogens is 1. The monoisotopic (exact) mass is 224 g/mol. The minimum atomic E-state index is 0.733. The van der Waals surface area contributed by atoms with E-state index in [2.05, 4.69) is 13.0 Å². The summed E-state index contributed by atoms with van der Waals surface area (Å²) in [5, 5.41) is 1.07. The number of thiophene rings is 1. The molecule has 2 aromatic rings. The Morgan fingerprint density at radius 3 is 2.86 bits per heavy atom. The first kappa shape index (κ1) is 9.69. The van der Waals surface area contributed by atoms with Crippen LogP contribution in [0, 0.1) is 0 Å². The summed E-state index contributed by atoms with van der Waals surface area (Å²) in [6.07, 6.45) is 1.83. The van der Waals surface area contributed by atoms with Gasteiger partial charge in [0.25, 0.3) is 0 Å². The molecule has 72 valence electrons. The fraction of sp³-hybridized carbons (Fsp3) is 0.182. The molecule has 0 amide bonds. The Morgan fingerprint density at radius 2 is 2.21 bits per heavy atom. The van der Waals surface area contributed by atoms with Crippen molar-refractivity contribution in [1.82, 2.24) is 0 Å². The van der Waals surface area contributed by atoms with E-state index in [0.717, 1.165) is 32.7 Å². The molecular weight excluding hydrogens is 216 g/mol. The van der Waals surface area contributed by atoms with Gasteiger partial charge in [0, 0.05) is 10.3 Å². The number of benzene rings is 1. The largest absolute Gasteiger partial charge is 0.298 e. The van der Waals surface area contributed by atoms with E-state index in [1.165, 1.54) is 16.9 Å². The Balaban J connectivity index is 2.78. The molecular formula is C11H9ClOS. The van der Waals surface area contributed by atoms with Crippen LogP contribution in [0.4, 0.5) is 0 Å². The molecule has 0 saturated carbocycles. The van der Waals surface area contributed by atoms with Crippen molar-refractivity contribution in [3.63, 3.8) is 0 Å². The summed E-state index contributed by atoms with van der Waals surface area (Å²) in [5.41, 5.74) is 1.92. The third-order valence-electron chi connectivity index (χ3n) is 2.21. The fourth-order valence-electron chi connectivity index (χ4n) is 1.50. The van der Waals surface area contributed by atoms with Crippen molar-refractivity contribution in [1.29, 1.82) is 0 Å². The molecule has 3 heteroatoms. The lowest BCUT2D eigenvalue weighted by Gasteiger charge is -1.99. The van der Waals surface area contributed by atoms with Gasteiger partial charge in [-0.25, -0.2) is 0 Å². The van der Waals surface area contributed by atoms with Gasteiger partial charge in [-0.1, -0.05) is 24.6 Å². The van der Waals surface area contributed by atoms with Gasteiger partial charge in [0.05, 0.1) is 4.34 Å². The van der Waals surface area contributed by atoms with Crippen LogP contribution in [-0.2, 0) is 6.42 Å². The molecule has 0 unspecified atom stereocenters. The molecule has 2 rings (SSSR count). The summed E-state index contributed by atoms with van der Waals surface area (Å²) in [6, 6.07) is 5.93. The van der Waals surface area contributed by atoms with E-state index in [4.69, 9.17) is 11.6 Å². The highest BCUT2D eigenvalue weighted by Crippen LogP contribution is 2.32. The average Bonchev–Trinajstić information content (AvgIpc) is 2.56. The van der Waals surface area contributed by atoms with Crippen LogP contribution in [-0.4, -0.2) is 6.29 Å². The van der Waals surface area contributed by atoms with Gasteiger partial charge in [0.2, 0.25) is 0 Å². The summed E-state index contributed by atoms with van der Waals surface area (Å²) < 4.78 is 1.72. The highest BCUT2D eigenvalue weighted by atomic mass is 35.5. The van der Waals surface area contributed by atoms with Crippen LogP contribution in [0.1, 0.15) is 22.8 Å². The number of hydrogen-bond acceptors (Lipinski definition) is 2. The Labute approximate surface area is 91.3 Å². The third-order valence-corrected chi connectivity index (χ3v) is 3.54. The van der Waals surface area contributed by atoms with Gasteiger partial charge in [0.15, 0.2) is 6.29 Å². The number of hydrogen-bond donors (Lipinski definition) is 0. The van der Waals surface area contributed by atoms with Gasteiger partial charge >= 0.3 is 0 Å². The lowest BCUT2D eigenvalue weighted by molar-refractivity contribution is 0.112. The maximum Gasteiger partial charge on any atom is 0.151 e. The number of aldehydes is 1. The van der Waals surface area contributed by atoms with E-state index in [-0.39, 0.29) is 0 Å². The molecule has 1 heterocycles. The van der Waals surface area contributed by atoms with E-state index in [9.17, 15) is 4.79 Å². The van der Waals surface area contributed by atoms with Crippen LogP contribution in [0.5, 0.6) is 0 Å². The first-order chi connectivity index (χ1) is 6.74. The van der Waals surface area contributed by atoms with Gasteiger partial charge in [-0.05, 0) is 29.5 Å². The van der Waals surface area contributed by atoms with Crippen molar-refractivity contribution in [2.45, 2.75) is 13.3 Å². The van der Waals surface area contributed by atoms with Gasteiger partial charge < -0.3 is 0 Å². The number of carbonyl (C=O) groups is 1. The lowest BCUT2D eigenvalue weighted by atomic mass is 10.1. The van der Waals surface area contributed by atoms with Crippen LogP contribution in [0.2, 0.25) is 4.34 Å². The highest BCUT2D eigenvalue weighted by Gasteiger charge is 2.06. The normalized spacial score (nSPS) is 10.7. The van der Waals surface area contributed by atoms with Crippen molar-refractivity contribution in [2.24, 2.45) is 0 Å². The Hall–Kier alpha value is -0.860. The zero-order valence-corrected chi connectivity index (χ0v) is 9.28. The molecule has 1 aromatic heterocycles. The van der Waals surface area contributed by atoms with Crippen LogP contribution < -0.4 is 0 Å². The summed E-state index contributed by atoms with van der Waals surface area (Å²) in [7, 11) is 0. The van der Waals surface area contributed by atoms with Crippen LogP contribution >= 0.6 is 22.9 Å². The van der Waals surface area contributed by atoms with E-state index < -0.39 is 0 Å². The molecule has 0 atom stereocenters. The smallest absolute Gasteiger partial charge is 0.151 e. The van der Waals surface area contributed by atoms with E-state index in [1.807, 2.05) is 12.1 Å². The molecule has 14 heavy (non-hydrogen) atoms. The molecule has 1 nitrogen and oxygen atoms in total. The predicted octanol–water partition coefficient (Wildman–Crippen LogP) is 3.93. The van der Waals surface area contributed by atoms with Gasteiger partial charge in [-0.2, -0.15) is 0 Å². The number of carbonyl (C=O) groups excluding carboxylic acids is 1. The first-order valence-electron chi connectivity index (χ1n) is 4.41. The second-order valence-corrected chi connectivity index (χ2v) is 4.81. The molecule has 0 aliphatic heterocycles. The van der Waals surface area contributed by atoms with Crippen molar-refractivity contribution < 1.29 is 4.79 Å². The van der Waals surface area contributed by atoms with E-state index >= 15 is 0 Å². The standard InChI is InChI=1S/C11H9ClOS/c1-2-7-3-8-5-10(12)14-11(8)9(4-7)6-13/h3-6H,2H2,1H3. The molecule has 0 N–H and O–H groups in total. The van der Waals surface area contributed by atoms with Gasteiger partial charge in [0.1, 0.15) is 0 Å². The molecule has 1 aromatic carbocycles. The van der Waals surface area contributed by atoms with Crippen molar-refractivity contribution in [3.05, 3.63) is 33.7 Å². The molecule has 0 fully saturated rings. The first-order valence-corrected chi connectivity index (χ1v) is 5.61. The van der Waals surface area contributed by atoms with Crippen molar-refractivity contribution >= 4 is 39.3 Å². The SMILES string of the molecule is CCc1cc(C=O)c2sc(Cl)cc2c1. The fourth-order valence-corrected chi connectivity index (χ4v) is 2.70. The quantitative estimate of drug-likeness (QED) is 0.707. The van der Waals surface area contributed by atoms with Crippen LogP contribution in [0.15, 0.2) is 18.2 Å². The van der Waals surface area contributed by atoms with Crippen molar-refractivity contribution in [3.8, 4) is 0 Å². The molecule has 0 radical (unpaired) electrons. The topological polar surface area (TPSA) is 17.1 Å². The zero-order valence-electron chi connectivity index (χ0n) is 7.71. The molecule has 0 bridgehead atoms. The van der Waals surface area contributed by atoms with E-state index in [0.29, 0.717) is 0 Å². The minimum absolute atomic E-state index is 0.733. The molecule has 0 spiro atoms. The Bertz CT molecular complexity index is 487.